The third-order valence-corrected chi connectivity index (χ3v) is 6.04. The molecule has 1 atom stereocenters. The molecule has 1 saturated heterocycles. The second-order valence-corrected chi connectivity index (χ2v) is 7.87. The van der Waals surface area contributed by atoms with Crippen molar-refractivity contribution < 1.29 is 14.3 Å². The number of Topliss-reactive ketones (excluding diaryl/α,β-unsaturated/α-hetero) is 1. The van der Waals surface area contributed by atoms with Gasteiger partial charge in [-0.3, -0.25) is 9.59 Å². The first-order valence-electron chi connectivity index (χ1n) is 8.60. The van der Waals surface area contributed by atoms with Crippen molar-refractivity contribution in [2.24, 2.45) is 0 Å². The van der Waals surface area contributed by atoms with E-state index in [4.69, 9.17) is 4.74 Å². The summed E-state index contributed by atoms with van der Waals surface area (Å²) in [7, 11) is 1.71. The Morgan fingerprint density at radius 3 is 2.54 bits per heavy atom. The molecule has 1 aliphatic carbocycles. The summed E-state index contributed by atoms with van der Waals surface area (Å²) in [5.41, 5.74) is 2.27. The molecule has 2 fully saturated rings. The van der Waals surface area contributed by atoms with E-state index in [1.807, 2.05) is 19.1 Å². The van der Waals surface area contributed by atoms with Crippen LogP contribution < -0.4 is 5.32 Å². The highest BCUT2D eigenvalue weighted by Gasteiger charge is 2.54. The summed E-state index contributed by atoms with van der Waals surface area (Å²) in [6.07, 6.45) is 3.96. The van der Waals surface area contributed by atoms with Crippen LogP contribution in [0.4, 0.5) is 0 Å². The molecular formula is C19H24BrNO3. The normalized spacial score (nSPS) is 30.0. The number of ether oxygens (including phenoxy) is 1. The molecule has 1 amide bonds. The quantitative estimate of drug-likeness (QED) is 0.800. The number of methoxy groups -OCH3 is 1. The van der Waals surface area contributed by atoms with E-state index in [2.05, 4.69) is 28.2 Å². The van der Waals surface area contributed by atoms with Crippen LogP contribution in [0.2, 0.25) is 0 Å². The van der Waals surface area contributed by atoms with Crippen LogP contribution in [0.1, 0.15) is 55.2 Å². The number of hydrogen-bond donors (Lipinski definition) is 1. The Morgan fingerprint density at radius 2 is 1.96 bits per heavy atom. The SMILES string of the molecule is CCc1cc(Br)cc(C)c1C1C(=O)NC2(CCC(OC)CC2)C1=O. The number of hydrogen-bond acceptors (Lipinski definition) is 3. The average Bonchev–Trinajstić information content (AvgIpc) is 2.79. The molecule has 0 bridgehead atoms. The van der Waals surface area contributed by atoms with Gasteiger partial charge in [-0.1, -0.05) is 22.9 Å². The highest BCUT2D eigenvalue weighted by molar-refractivity contribution is 9.10. The van der Waals surface area contributed by atoms with Gasteiger partial charge < -0.3 is 10.1 Å². The van der Waals surface area contributed by atoms with E-state index in [-0.39, 0.29) is 17.8 Å². The summed E-state index contributed by atoms with van der Waals surface area (Å²) >= 11 is 3.51. The highest BCUT2D eigenvalue weighted by Crippen LogP contribution is 2.41. The van der Waals surface area contributed by atoms with Crippen LogP contribution >= 0.6 is 15.9 Å². The molecule has 1 aromatic carbocycles. The van der Waals surface area contributed by atoms with Gasteiger partial charge in [0.05, 0.1) is 11.6 Å². The predicted octanol–water partition coefficient (Wildman–Crippen LogP) is 3.43. The van der Waals surface area contributed by atoms with Gasteiger partial charge in [0.2, 0.25) is 5.91 Å². The summed E-state index contributed by atoms with van der Waals surface area (Å²) in [6.45, 7) is 4.04. The van der Waals surface area contributed by atoms with Crippen molar-refractivity contribution in [1.29, 1.82) is 0 Å². The minimum absolute atomic E-state index is 0.0437. The van der Waals surface area contributed by atoms with E-state index in [1.165, 1.54) is 0 Å². The molecule has 1 aliphatic heterocycles. The van der Waals surface area contributed by atoms with Crippen LogP contribution in [-0.2, 0) is 20.7 Å². The van der Waals surface area contributed by atoms with Gasteiger partial charge in [-0.2, -0.15) is 0 Å². The first-order chi connectivity index (χ1) is 11.4. The van der Waals surface area contributed by atoms with Crippen molar-refractivity contribution in [2.75, 3.05) is 7.11 Å². The number of carbonyl (C=O) groups excluding carboxylic acids is 2. The topological polar surface area (TPSA) is 55.4 Å². The fraction of sp³-hybridized carbons (Fsp3) is 0.579. The van der Waals surface area contributed by atoms with Gasteiger partial charge in [0.1, 0.15) is 5.92 Å². The molecule has 1 spiro atoms. The van der Waals surface area contributed by atoms with E-state index in [0.717, 1.165) is 40.4 Å². The lowest BCUT2D eigenvalue weighted by Gasteiger charge is -2.35. The van der Waals surface area contributed by atoms with Crippen LogP contribution in [0.25, 0.3) is 0 Å². The molecule has 5 heteroatoms. The first-order valence-corrected chi connectivity index (χ1v) is 9.39. The minimum Gasteiger partial charge on any atom is -0.381 e. The largest absolute Gasteiger partial charge is 0.381 e. The molecule has 1 heterocycles. The second-order valence-electron chi connectivity index (χ2n) is 6.95. The van der Waals surface area contributed by atoms with Crippen molar-refractivity contribution in [3.05, 3.63) is 33.3 Å². The minimum atomic E-state index is -0.693. The molecule has 1 unspecified atom stereocenters. The fourth-order valence-electron chi connectivity index (χ4n) is 4.25. The highest BCUT2D eigenvalue weighted by atomic mass is 79.9. The maximum atomic E-state index is 13.3. The summed E-state index contributed by atoms with van der Waals surface area (Å²) < 4.78 is 6.39. The summed E-state index contributed by atoms with van der Waals surface area (Å²) in [5, 5.41) is 3.05. The molecule has 3 rings (SSSR count). The Hall–Kier alpha value is -1.20. The number of ketones is 1. The van der Waals surface area contributed by atoms with Crippen LogP contribution in [0.3, 0.4) is 0 Å². The van der Waals surface area contributed by atoms with Gasteiger partial charge in [-0.25, -0.2) is 0 Å². The number of carbonyl (C=O) groups is 2. The van der Waals surface area contributed by atoms with Crippen molar-refractivity contribution in [2.45, 2.75) is 63.5 Å². The van der Waals surface area contributed by atoms with E-state index in [9.17, 15) is 9.59 Å². The Bertz CT molecular complexity index is 677. The molecule has 130 valence electrons. The third-order valence-electron chi connectivity index (χ3n) is 5.58. The molecule has 1 N–H and O–H groups in total. The van der Waals surface area contributed by atoms with Gasteiger partial charge in [0, 0.05) is 11.6 Å². The number of rotatable bonds is 3. The van der Waals surface area contributed by atoms with Crippen molar-refractivity contribution >= 4 is 27.6 Å². The van der Waals surface area contributed by atoms with E-state index >= 15 is 0 Å². The number of nitrogens with one attached hydrogen (secondary N) is 1. The van der Waals surface area contributed by atoms with E-state index in [1.54, 1.807) is 7.11 Å². The maximum Gasteiger partial charge on any atom is 0.235 e. The lowest BCUT2D eigenvalue weighted by Crippen LogP contribution is -2.50. The van der Waals surface area contributed by atoms with Gasteiger partial charge in [-0.15, -0.1) is 0 Å². The average molecular weight is 394 g/mol. The fourth-order valence-corrected chi connectivity index (χ4v) is 4.87. The second kappa shape index (κ2) is 6.60. The number of halogens is 1. The van der Waals surface area contributed by atoms with Crippen LogP contribution in [0, 0.1) is 6.92 Å². The summed E-state index contributed by atoms with van der Waals surface area (Å²) in [6, 6.07) is 4.01. The standard InChI is InChI=1S/C19H24BrNO3/c1-4-12-10-13(20)9-11(2)15(12)16-17(22)19(21-18(16)23)7-5-14(24-3)6-8-19/h9-10,14,16H,4-8H2,1-3H3,(H,21,23). The zero-order valence-corrected chi connectivity index (χ0v) is 16.0. The third kappa shape index (κ3) is 2.82. The molecule has 24 heavy (non-hydrogen) atoms. The van der Waals surface area contributed by atoms with Gasteiger partial charge in [0.25, 0.3) is 0 Å². The summed E-state index contributed by atoms with van der Waals surface area (Å²) in [4.78, 5) is 26.0. The van der Waals surface area contributed by atoms with Gasteiger partial charge in [-0.05, 0) is 67.9 Å². The summed E-state index contributed by atoms with van der Waals surface area (Å²) in [5.74, 6) is -0.773. The van der Waals surface area contributed by atoms with Crippen molar-refractivity contribution in [3.63, 3.8) is 0 Å². The lowest BCUT2D eigenvalue weighted by molar-refractivity contribution is -0.126. The Kier molecular flexibility index (Phi) is 4.85. The molecular weight excluding hydrogens is 370 g/mol. The van der Waals surface area contributed by atoms with Gasteiger partial charge in [0.15, 0.2) is 5.78 Å². The smallest absolute Gasteiger partial charge is 0.235 e. The number of aryl methyl sites for hydroxylation is 2. The Morgan fingerprint density at radius 1 is 1.29 bits per heavy atom. The van der Waals surface area contributed by atoms with Crippen molar-refractivity contribution in [3.8, 4) is 0 Å². The van der Waals surface area contributed by atoms with Gasteiger partial charge >= 0.3 is 0 Å². The van der Waals surface area contributed by atoms with Crippen LogP contribution in [0.15, 0.2) is 16.6 Å². The first kappa shape index (κ1) is 17.6. The number of amides is 1. The number of benzene rings is 1. The molecule has 1 aromatic rings. The monoisotopic (exact) mass is 393 g/mol. The maximum absolute atomic E-state index is 13.3. The van der Waals surface area contributed by atoms with Crippen LogP contribution in [-0.4, -0.2) is 30.4 Å². The zero-order valence-electron chi connectivity index (χ0n) is 14.4. The van der Waals surface area contributed by atoms with E-state index < -0.39 is 11.5 Å². The van der Waals surface area contributed by atoms with Crippen molar-refractivity contribution in [1.82, 2.24) is 5.32 Å². The molecule has 4 nitrogen and oxygen atoms in total. The predicted molar refractivity (Wildman–Crippen MR) is 96.1 cm³/mol. The molecule has 2 aliphatic rings. The Balaban J connectivity index is 1.97. The van der Waals surface area contributed by atoms with E-state index in [0.29, 0.717) is 12.8 Å². The molecule has 0 aromatic heterocycles. The van der Waals surface area contributed by atoms with Crippen LogP contribution in [0.5, 0.6) is 0 Å². The zero-order chi connectivity index (χ0) is 17.5. The molecule has 0 radical (unpaired) electrons. The Labute approximate surface area is 151 Å². The molecule has 1 saturated carbocycles. The lowest BCUT2D eigenvalue weighted by atomic mass is 9.75.